The van der Waals surface area contributed by atoms with Crippen LogP contribution in [-0.2, 0) is 6.18 Å². The normalized spacial score (nSPS) is 12.0. The summed E-state index contributed by atoms with van der Waals surface area (Å²) in [5.74, 6) is 0. The van der Waals surface area contributed by atoms with E-state index in [2.05, 4.69) is 4.98 Å². The molecule has 3 rings (SSSR count). The maximum Gasteiger partial charge on any atom is 0.416 e. The molecule has 0 atom stereocenters. The highest BCUT2D eigenvalue weighted by Crippen LogP contribution is 2.36. The molecule has 2 N–H and O–H groups in total. The third-order valence-electron chi connectivity index (χ3n) is 3.23. The average Bonchev–Trinajstić information content (AvgIpc) is 2.83. The van der Waals surface area contributed by atoms with Gasteiger partial charge in [-0.15, -0.1) is 11.3 Å². The van der Waals surface area contributed by atoms with Crippen LogP contribution in [-0.4, -0.2) is 4.98 Å². The quantitative estimate of drug-likeness (QED) is 0.651. The van der Waals surface area contributed by atoms with Gasteiger partial charge in [-0.1, -0.05) is 0 Å². The van der Waals surface area contributed by atoms with E-state index in [1.165, 1.54) is 17.4 Å². The Labute approximate surface area is 123 Å². The van der Waals surface area contributed by atoms with E-state index in [0.717, 1.165) is 23.3 Å². The number of halogens is 3. The predicted octanol–water partition coefficient (Wildman–Crippen LogP) is 4.87. The summed E-state index contributed by atoms with van der Waals surface area (Å²) in [7, 11) is 0. The zero-order valence-electron chi connectivity index (χ0n) is 11.0. The van der Waals surface area contributed by atoms with Crippen LogP contribution in [0.1, 0.15) is 11.1 Å². The van der Waals surface area contributed by atoms with Crippen LogP contribution in [0.2, 0.25) is 0 Å². The number of benzene rings is 2. The van der Waals surface area contributed by atoms with Gasteiger partial charge in [0.15, 0.2) is 0 Å². The van der Waals surface area contributed by atoms with Crippen LogP contribution < -0.4 is 5.73 Å². The Bertz CT molecular complexity index is 821. The SMILES string of the molecule is Cc1cc(-c2nc3ccc(C(F)(F)F)cc3s2)ccc1N. The van der Waals surface area contributed by atoms with E-state index in [0.29, 0.717) is 20.9 Å². The summed E-state index contributed by atoms with van der Waals surface area (Å²) in [5.41, 5.74) is 8.14. The Kier molecular flexibility index (Phi) is 3.13. The van der Waals surface area contributed by atoms with Crippen molar-refractivity contribution in [3.8, 4) is 10.6 Å². The standard InChI is InChI=1S/C15H11F3N2S/c1-8-6-9(2-4-11(8)19)14-20-12-5-3-10(15(16,17)18)7-13(12)21-14/h2-7H,19H2,1H3. The molecule has 0 aliphatic heterocycles. The topological polar surface area (TPSA) is 38.9 Å². The first-order chi connectivity index (χ1) is 9.84. The third kappa shape index (κ3) is 2.58. The van der Waals surface area contributed by atoms with Crippen molar-refractivity contribution < 1.29 is 13.2 Å². The number of aromatic nitrogens is 1. The van der Waals surface area contributed by atoms with E-state index >= 15 is 0 Å². The van der Waals surface area contributed by atoms with Crippen LogP contribution in [0.15, 0.2) is 36.4 Å². The van der Waals surface area contributed by atoms with Crippen LogP contribution in [0.5, 0.6) is 0 Å². The molecular weight excluding hydrogens is 297 g/mol. The molecule has 6 heteroatoms. The Morgan fingerprint density at radius 3 is 2.52 bits per heavy atom. The second-order valence-electron chi connectivity index (χ2n) is 4.77. The summed E-state index contributed by atoms with van der Waals surface area (Å²) in [5, 5.41) is 0.687. The highest BCUT2D eigenvalue weighted by Gasteiger charge is 2.30. The lowest BCUT2D eigenvalue weighted by Gasteiger charge is -2.04. The summed E-state index contributed by atoms with van der Waals surface area (Å²) in [6, 6.07) is 9.09. The number of thiazole rings is 1. The molecule has 1 aromatic heterocycles. The number of hydrogen-bond donors (Lipinski definition) is 1. The molecule has 3 aromatic rings. The second-order valence-corrected chi connectivity index (χ2v) is 5.80. The molecule has 0 aliphatic carbocycles. The van der Waals surface area contributed by atoms with Gasteiger partial charge in [0.2, 0.25) is 0 Å². The molecule has 0 fully saturated rings. The molecule has 21 heavy (non-hydrogen) atoms. The number of fused-ring (bicyclic) bond motifs is 1. The van der Waals surface area contributed by atoms with Crippen LogP contribution in [0, 0.1) is 6.92 Å². The Morgan fingerprint density at radius 1 is 1.10 bits per heavy atom. The van der Waals surface area contributed by atoms with Crippen LogP contribution in [0.3, 0.4) is 0 Å². The maximum absolute atomic E-state index is 12.7. The molecule has 0 bridgehead atoms. The average molecular weight is 308 g/mol. The molecule has 0 amide bonds. The first-order valence-corrected chi connectivity index (χ1v) is 7.00. The number of anilines is 1. The molecule has 2 nitrogen and oxygen atoms in total. The van der Waals surface area contributed by atoms with Crippen molar-refractivity contribution in [2.24, 2.45) is 0 Å². The van der Waals surface area contributed by atoms with Crippen LogP contribution in [0.25, 0.3) is 20.8 Å². The first-order valence-electron chi connectivity index (χ1n) is 6.19. The van der Waals surface area contributed by atoms with Gasteiger partial charge in [-0.2, -0.15) is 13.2 Å². The number of nitrogen functional groups attached to an aromatic ring is 1. The Morgan fingerprint density at radius 2 is 1.86 bits per heavy atom. The number of rotatable bonds is 1. The summed E-state index contributed by atoms with van der Waals surface area (Å²) in [6.07, 6.45) is -4.34. The first kappa shape index (κ1) is 13.9. The van der Waals surface area contributed by atoms with Crippen molar-refractivity contribution in [2.75, 3.05) is 5.73 Å². The lowest BCUT2D eigenvalue weighted by atomic mass is 10.1. The minimum atomic E-state index is -4.34. The molecule has 0 unspecified atom stereocenters. The Balaban J connectivity index is 2.10. The third-order valence-corrected chi connectivity index (χ3v) is 4.30. The van der Waals surface area contributed by atoms with Crippen molar-refractivity contribution in [3.63, 3.8) is 0 Å². The van der Waals surface area contributed by atoms with Crippen molar-refractivity contribution >= 4 is 27.2 Å². The monoisotopic (exact) mass is 308 g/mol. The highest BCUT2D eigenvalue weighted by molar-refractivity contribution is 7.21. The van der Waals surface area contributed by atoms with E-state index < -0.39 is 11.7 Å². The molecule has 0 saturated carbocycles. The minimum Gasteiger partial charge on any atom is -0.399 e. The molecule has 0 saturated heterocycles. The van der Waals surface area contributed by atoms with Crippen molar-refractivity contribution in [1.29, 1.82) is 0 Å². The van der Waals surface area contributed by atoms with Gasteiger partial charge < -0.3 is 5.73 Å². The van der Waals surface area contributed by atoms with Gasteiger partial charge in [-0.3, -0.25) is 0 Å². The van der Waals surface area contributed by atoms with Gasteiger partial charge in [-0.25, -0.2) is 4.98 Å². The fraction of sp³-hybridized carbons (Fsp3) is 0.133. The smallest absolute Gasteiger partial charge is 0.399 e. The van der Waals surface area contributed by atoms with Crippen LogP contribution in [0.4, 0.5) is 18.9 Å². The van der Waals surface area contributed by atoms with Crippen LogP contribution >= 0.6 is 11.3 Å². The largest absolute Gasteiger partial charge is 0.416 e. The second kappa shape index (κ2) is 4.73. The number of hydrogen-bond acceptors (Lipinski definition) is 3. The predicted molar refractivity (Wildman–Crippen MR) is 79.2 cm³/mol. The van der Waals surface area contributed by atoms with Gasteiger partial charge >= 0.3 is 6.18 Å². The lowest BCUT2D eigenvalue weighted by molar-refractivity contribution is -0.137. The van der Waals surface area contributed by atoms with E-state index in [4.69, 9.17) is 5.73 Å². The number of aryl methyl sites for hydroxylation is 1. The Hall–Kier alpha value is -2.08. The van der Waals surface area contributed by atoms with Gasteiger partial charge in [0.25, 0.3) is 0 Å². The van der Waals surface area contributed by atoms with E-state index in [1.807, 2.05) is 19.1 Å². The zero-order valence-corrected chi connectivity index (χ0v) is 11.8. The van der Waals surface area contributed by atoms with Gasteiger partial charge in [0, 0.05) is 11.3 Å². The number of nitrogens with zero attached hydrogens (tertiary/aromatic N) is 1. The molecule has 2 aromatic carbocycles. The fourth-order valence-electron chi connectivity index (χ4n) is 2.03. The van der Waals surface area contributed by atoms with E-state index in [-0.39, 0.29) is 0 Å². The summed E-state index contributed by atoms with van der Waals surface area (Å²) < 4.78 is 38.7. The number of alkyl halides is 3. The highest BCUT2D eigenvalue weighted by atomic mass is 32.1. The summed E-state index contributed by atoms with van der Waals surface area (Å²) in [6.45, 7) is 1.88. The summed E-state index contributed by atoms with van der Waals surface area (Å²) in [4.78, 5) is 4.39. The molecule has 0 radical (unpaired) electrons. The zero-order chi connectivity index (χ0) is 15.2. The van der Waals surface area contributed by atoms with Gasteiger partial charge in [0.1, 0.15) is 5.01 Å². The van der Waals surface area contributed by atoms with Gasteiger partial charge in [0.05, 0.1) is 15.8 Å². The maximum atomic E-state index is 12.7. The minimum absolute atomic E-state index is 0.523. The summed E-state index contributed by atoms with van der Waals surface area (Å²) >= 11 is 1.24. The van der Waals surface area contributed by atoms with Crippen molar-refractivity contribution in [3.05, 3.63) is 47.5 Å². The van der Waals surface area contributed by atoms with Gasteiger partial charge in [-0.05, 0) is 48.9 Å². The van der Waals surface area contributed by atoms with Crippen molar-refractivity contribution in [2.45, 2.75) is 13.1 Å². The molecule has 108 valence electrons. The lowest BCUT2D eigenvalue weighted by Crippen LogP contribution is -2.03. The van der Waals surface area contributed by atoms with Crippen molar-refractivity contribution in [1.82, 2.24) is 4.98 Å². The molecule has 0 aliphatic rings. The number of nitrogens with two attached hydrogens (primary N) is 1. The molecule has 1 heterocycles. The van der Waals surface area contributed by atoms with E-state index in [9.17, 15) is 13.2 Å². The fourth-order valence-corrected chi connectivity index (χ4v) is 3.03. The van der Waals surface area contributed by atoms with E-state index in [1.54, 1.807) is 6.07 Å². The molecule has 0 spiro atoms. The molecular formula is C15H11F3N2S.